The fraction of sp³-hybridized carbons (Fsp3) is 0.100. The molecule has 0 amide bonds. The number of rotatable bonds is 2. The van der Waals surface area contributed by atoms with Gasteiger partial charge in [0.25, 0.3) is 0 Å². The Bertz CT molecular complexity index is 436. The fourth-order valence-electron chi connectivity index (χ4n) is 1.26. The van der Waals surface area contributed by atoms with Gasteiger partial charge in [-0.1, -0.05) is 12.1 Å². The largest absolute Gasteiger partial charge is 0.359 e. The van der Waals surface area contributed by atoms with E-state index in [2.05, 4.69) is 15.3 Å². The number of hydrogen-bond donors (Lipinski definition) is 2. The minimum Gasteiger partial charge on any atom is -0.359 e. The van der Waals surface area contributed by atoms with E-state index in [9.17, 15) is 4.39 Å². The molecule has 1 aromatic carbocycles. The molecule has 0 saturated carbocycles. The van der Waals surface area contributed by atoms with Crippen molar-refractivity contribution in [2.24, 2.45) is 0 Å². The smallest absolute Gasteiger partial charge is 0.200 e. The van der Waals surface area contributed by atoms with Crippen LogP contribution in [0.3, 0.4) is 0 Å². The second-order valence-corrected chi connectivity index (χ2v) is 2.88. The predicted molar refractivity (Wildman–Crippen MR) is 53.5 cm³/mol. The van der Waals surface area contributed by atoms with Crippen LogP contribution in [0.2, 0.25) is 0 Å². The zero-order valence-electron chi connectivity index (χ0n) is 7.71. The molecule has 0 aliphatic heterocycles. The van der Waals surface area contributed by atoms with Crippen LogP contribution in [0.1, 0.15) is 0 Å². The molecule has 0 atom stereocenters. The Kier molecular flexibility index (Phi) is 2.18. The van der Waals surface area contributed by atoms with Gasteiger partial charge in [-0.05, 0) is 12.1 Å². The lowest BCUT2D eigenvalue weighted by Gasteiger charge is -1.98. The van der Waals surface area contributed by atoms with Crippen molar-refractivity contribution in [1.82, 2.24) is 9.97 Å². The molecule has 0 spiro atoms. The Morgan fingerprint density at radius 3 is 2.79 bits per heavy atom. The minimum atomic E-state index is -0.251. The summed E-state index contributed by atoms with van der Waals surface area (Å²) in [7, 11) is 1.75. The summed E-state index contributed by atoms with van der Waals surface area (Å²) in [5, 5.41) is 2.85. The summed E-state index contributed by atoms with van der Waals surface area (Å²) in [5.74, 6) is 0.377. The maximum Gasteiger partial charge on any atom is 0.200 e. The van der Waals surface area contributed by atoms with Crippen LogP contribution in [-0.2, 0) is 0 Å². The first-order valence-corrected chi connectivity index (χ1v) is 4.29. The van der Waals surface area contributed by atoms with E-state index < -0.39 is 0 Å². The molecule has 0 aliphatic carbocycles. The van der Waals surface area contributed by atoms with Crippen LogP contribution in [0, 0.1) is 5.82 Å². The maximum absolute atomic E-state index is 13.3. The number of halogens is 1. The molecule has 4 heteroatoms. The van der Waals surface area contributed by atoms with Gasteiger partial charge in [0, 0.05) is 12.6 Å². The van der Waals surface area contributed by atoms with Crippen LogP contribution >= 0.6 is 0 Å². The molecule has 0 radical (unpaired) electrons. The van der Waals surface area contributed by atoms with Gasteiger partial charge in [-0.2, -0.15) is 0 Å². The second kappa shape index (κ2) is 3.49. The summed E-state index contributed by atoms with van der Waals surface area (Å²) < 4.78 is 13.3. The van der Waals surface area contributed by atoms with Gasteiger partial charge < -0.3 is 10.3 Å². The van der Waals surface area contributed by atoms with Gasteiger partial charge in [0.05, 0.1) is 11.9 Å². The van der Waals surface area contributed by atoms with Gasteiger partial charge in [-0.25, -0.2) is 9.37 Å². The van der Waals surface area contributed by atoms with E-state index >= 15 is 0 Å². The molecule has 1 heterocycles. The first kappa shape index (κ1) is 8.74. The van der Waals surface area contributed by atoms with Crippen LogP contribution in [0.4, 0.5) is 10.3 Å². The summed E-state index contributed by atoms with van der Waals surface area (Å²) in [4.78, 5) is 6.98. The minimum absolute atomic E-state index is 0.251. The second-order valence-electron chi connectivity index (χ2n) is 2.88. The van der Waals surface area contributed by atoms with Gasteiger partial charge in [0.15, 0.2) is 5.95 Å². The van der Waals surface area contributed by atoms with Gasteiger partial charge in [-0.3, -0.25) is 0 Å². The van der Waals surface area contributed by atoms with E-state index in [1.54, 1.807) is 31.4 Å². The summed E-state index contributed by atoms with van der Waals surface area (Å²) in [5.41, 5.74) is 1.20. The molecule has 0 bridgehead atoms. The Labute approximate surface area is 81.0 Å². The zero-order chi connectivity index (χ0) is 9.97. The number of aromatic nitrogens is 2. The van der Waals surface area contributed by atoms with Crippen molar-refractivity contribution in [2.45, 2.75) is 0 Å². The molecule has 2 N–H and O–H groups in total. The highest BCUT2D eigenvalue weighted by atomic mass is 19.1. The summed E-state index contributed by atoms with van der Waals surface area (Å²) in [6.07, 6.45) is 1.60. The fourth-order valence-corrected chi connectivity index (χ4v) is 1.26. The van der Waals surface area contributed by atoms with E-state index in [4.69, 9.17) is 0 Å². The van der Waals surface area contributed by atoms with E-state index in [1.165, 1.54) is 6.07 Å². The van der Waals surface area contributed by atoms with Crippen molar-refractivity contribution >= 4 is 5.95 Å². The summed E-state index contributed by atoms with van der Waals surface area (Å²) in [6, 6.07) is 6.59. The number of H-pyrrole nitrogens is 1. The topological polar surface area (TPSA) is 40.7 Å². The lowest BCUT2D eigenvalue weighted by atomic mass is 10.1. The van der Waals surface area contributed by atoms with Crippen LogP contribution in [0.5, 0.6) is 0 Å². The van der Waals surface area contributed by atoms with E-state index in [-0.39, 0.29) is 5.82 Å². The number of aromatic amines is 1. The molecule has 72 valence electrons. The molecule has 1 aromatic heterocycles. The van der Waals surface area contributed by atoms with Gasteiger partial charge in [0.2, 0.25) is 0 Å². The van der Waals surface area contributed by atoms with Crippen LogP contribution in [0.15, 0.2) is 30.5 Å². The number of anilines is 1. The third kappa shape index (κ3) is 1.46. The number of hydrogen-bond acceptors (Lipinski definition) is 2. The molecule has 0 saturated heterocycles. The van der Waals surface area contributed by atoms with E-state index in [0.717, 1.165) is 0 Å². The molecule has 2 aromatic rings. The lowest BCUT2D eigenvalue weighted by Crippen LogP contribution is -1.89. The highest BCUT2D eigenvalue weighted by molar-refractivity contribution is 5.60. The molecule has 0 aliphatic rings. The Balaban J connectivity index is 2.44. The highest BCUT2D eigenvalue weighted by Crippen LogP contribution is 2.21. The molecule has 0 unspecified atom stereocenters. The predicted octanol–water partition coefficient (Wildman–Crippen LogP) is 2.26. The van der Waals surface area contributed by atoms with Gasteiger partial charge in [-0.15, -0.1) is 0 Å². The quantitative estimate of drug-likeness (QED) is 0.764. The summed E-state index contributed by atoms with van der Waals surface area (Å²) in [6.45, 7) is 0. The molecule has 3 nitrogen and oxygen atoms in total. The number of benzene rings is 1. The number of nitrogens with zero attached hydrogens (tertiary/aromatic N) is 1. The average Bonchev–Trinajstić information content (AvgIpc) is 2.67. The lowest BCUT2D eigenvalue weighted by molar-refractivity contribution is 0.631. The highest BCUT2D eigenvalue weighted by Gasteiger charge is 2.06. The first-order valence-electron chi connectivity index (χ1n) is 4.29. The van der Waals surface area contributed by atoms with Gasteiger partial charge in [0.1, 0.15) is 5.82 Å². The van der Waals surface area contributed by atoms with E-state index in [1.807, 2.05) is 0 Å². The van der Waals surface area contributed by atoms with Crippen molar-refractivity contribution in [1.29, 1.82) is 0 Å². The molecule has 2 rings (SSSR count). The van der Waals surface area contributed by atoms with Crippen molar-refractivity contribution in [3.8, 4) is 11.3 Å². The number of nitrogens with one attached hydrogen (secondary N) is 2. The third-order valence-corrected chi connectivity index (χ3v) is 1.98. The summed E-state index contributed by atoms with van der Waals surface area (Å²) >= 11 is 0. The Hall–Kier alpha value is -1.84. The zero-order valence-corrected chi connectivity index (χ0v) is 7.71. The van der Waals surface area contributed by atoms with Crippen molar-refractivity contribution < 1.29 is 4.39 Å². The normalized spacial score (nSPS) is 10.1. The monoisotopic (exact) mass is 191 g/mol. The average molecular weight is 191 g/mol. The van der Waals surface area contributed by atoms with Crippen molar-refractivity contribution in [3.63, 3.8) is 0 Å². The molecule has 14 heavy (non-hydrogen) atoms. The molecule has 0 fully saturated rings. The van der Waals surface area contributed by atoms with Crippen LogP contribution in [-0.4, -0.2) is 17.0 Å². The third-order valence-electron chi connectivity index (χ3n) is 1.98. The van der Waals surface area contributed by atoms with Gasteiger partial charge >= 0.3 is 0 Å². The van der Waals surface area contributed by atoms with Crippen molar-refractivity contribution in [3.05, 3.63) is 36.3 Å². The SMILES string of the molecule is CNc1ncc(-c2ccccc2F)[nH]1. The first-order chi connectivity index (χ1) is 6.81. The van der Waals surface area contributed by atoms with Crippen LogP contribution in [0.25, 0.3) is 11.3 Å². The number of imidazole rings is 1. The molecular weight excluding hydrogens is 181 g/mol. The Morgan fingerprint density at radius 2 is 2.14 bits per heavy atom. The maximum atomic E-state index is 13.3. The van der Waals surface area contributed by atoms with Crippen molar-refractivity contribution in [2.75, 3.05) is 12.4 Å². The van der Waals surface area contributed by atoms with E-state index in [0.29, 0.717) is 17.2 Å². The molecular formula is C10H10FN3. The standard InChI is InChI=1S/C10H10FN3/c1-12-10-13-6-9(14-10)7-4-2-3-5-8(7)11/h2-6H,1H3,(H2,12,13,14). The Morgan fingerprint density at radius 1 is 1.36 bits per heavy atom. The van der Waals surface area contributed by atoms with Crippen LogP contribution < -0.4 is 5.32 Å².